The minimum Gasteiger partial charge on any atom is -0.462 e. The average molecular weight is 641 g/mol. The van der Waals surface area contributed by atoms with E-state index in [1.54, 1.807) is 0 Å². The second-order valence-electron chi connectivity index (χ2n) is 11.3. The SMILES string of the molecule is CCCCCCCCC(=O)OC(COC(=O)CCCC)COC1OC(COC2OC(CO)C(O)C(O)C2O)C(O)C(O)C1O. The Kier molecular flexibility index (Phi) is 18.1. The van der Waals surface area contributed by atoms with Crippen LogP contribution in [0, 0.1) is 0 Å². The van der Waals surface area contributed by atoms with Gasteiger partial charge in [0, 0.05) is 12.8 Å². The van der Waals surface area contributed by atoms with Crippen LogP contribution in [-0.4, -0.2) is 142 Å². The third kappa shape index (κ3) is 12.4. The molecule has 2 heterocycles. The topological polar surface area (TPSA) is 231 Å². The molecule has 15 nitrogen and oxygen atoms in total. The second kappa shape index (κ2) is 20.6. The Morgan fingerprint density at radius 2 is 1.18 bits per heavy atom. The Balaban J connectivity index is 1.96. The summed E-state index contributed by atoms with van der Waals surface area (Å²) < 4.78 is 32.6. The summed E-state index contributed by atoms with van der Waals surface area (Å²) >= 11 is 0. The predicted molar refractivity (Wildman–Crippen MR) is 151 cm³/mol. The monoisotopic (exact) mass is 640 g/mol. The highest BCUT2D eigenvalue weighted by atomic mass is 16.7. The third-order valence-electron chi connectivity index (χ3n) is 7.59. The first-order chi connectivity index (χ1) is 21.0. The van der Waals surface area contributed by atoms with Crippen molar-refractivity contribution in [3.63, 3.8) is 0 Å². The summed E-state index contributed by atoms with van der Waals surface area (Å²) in [5.41, 5.74) is 0. The molecule has 2 rings (SSSR count). The quantitative estimate of drug-likeness (QED) is 0.0626. The van der Waals surface area contributed by atoms with Crippen LogP contribution < -0.4 is 0 Å². The van der Waals surface area contributed by atoms with Crippen molar-refractivity contribution in [3.05, 3.63) is 0 Å². The molecule has 0 amide bonds. The van der Waals surface area contributed by atoms with Crippen molar-refractivity contribution in [3.8, 4) is 0 Å². The van der Waals surface area contributed by atoms with E-state index in [-0.39, 0.29) is 26.1 Å². The van der Waals surface area contributed by atoms with Crippen molar-refractivity contribution in [2.24, 2.45) is 0 Å². The number of aliphatic hydroxyl groups excluding tert-OH is 7. The summed E-state index contributed by atoms with van der Waals surface area (Å²) in [5.74, 6) is -0.980. The van der Waals surface area contributed by atoms with Crippen LogP contribution in [-0.2, 0) is 38.0 Å². The van der Waals surface area contributed by atoms with E-state index in [9.17, 15) is 45.3 Å². The summed E-state index contributed by atoms with van der Waals surface area (Å²) in [6, 6.07) is 0. The van der Waals surface area contributed by atoms with Crippen LogP contribution in [0.4, 0.5) is 0 Å². The van der Waals surface area contributed by atoms with Gasteiger partial charge in [-0.2, -0.15) is 0 Å². The van der Waals surface area contributed by atoms with Gasteiger partial charge in [0.05, 0.1) is 19.8 Å². The Morgan fingerprint density at radius 1 is 0.636 bits per heavy atom. The average Bonchev–Trinajstić information content (AvgIpc) is 3.01. The summed E-state index contributed by atoms with van der Waals surface area (Å²) in [6.07, 6.45) is -9.15. The van der Waals surface area contributed by atoms with Crippen molar-refractivity contribution in [1.29, 1.82) is 0 Å². The minimum absolute atomic E-state index is 0.164. The summed E-state index contributed by atoms with van der Waals surface area (Å²) in [6.45, 7) is 2.16. The van der Waals surface area contributed by atoms with Crippen molar-refractivity contribution in [2.45, 2.75) is 146 Å². The van der Waals surface area contributed by atoms with Crippen molar-refractivity contribution in [1.82, 2.24) is 0 Å². The fourth-order valence-corrected chi connectivity index (χ4v) is 4.78. The maximum Gasteiger partial charge on any atom is 0.306 e. The van der Waals surface area contributed by atoms with E-state index < -0.39 is 92.7 Å². The maximum atomic E-state index is 12.5. The zero-order chi connectivity index (χ0) is 32.6. The first-order valence-corrected chi connectivity index (χ1v) is 15.6. The highest BCUT2D eigenvalue weighted by molar-refractivity contribution is 5.70. The van der Waals surface area contributed by atoms with Crippen LogP contribution in [0.25, 0.3) is 0 Å². The van der Waals surface area contributed by atoms with E-state index in [1.165, 1.54) is 0 Å². The van der Waals surface area contributed by atoms with Gasteiger partial charge in [-0.3, -0.25) is 9.59 Å². The molecule has 0 radical (unpaired) electrons. The van der Waals surface area contributed by atoms with E-state index in [0.29, 0.717) is 12.8 Å². The molecule has 0 saturated carbocycles. The standard InChI is InChI=1S/C29H52O15/c1-3-5-7-8-9-10-12-21(32)42-17(14-39-20(31)11-6-4-2)15-40-28-27(38)25(36)23(34)19(44-28)16-41-29-26(37)24(35)22(33)18(13-30)43-29/h17-19,22-30,33-38H,3-16H2,1-2H3. The number of unbranched alkanes of at least 4 members (excludes halogenated alkanes) is 6. The Bertz CT molecular complexity index is 814. The van der Waals surface area contributed by atoms with Crippen LogP contribution >= 0.6 is 0 Å². The lowest BCUT2D eigenvalue weighted by Gasteiger charge is -2.42. The molecule has 2 saturated heterocycles. The molecule has 11 unspecified atom stereocenters. The van der Waals surface area contributed by atoms with Gasteiger partial charge in [0.2, 0.25) is 0 Å². The van der Waals surface area contributed by atoms with Gasteiger partial charge < -0.3 is 64.2 Å². The molecule has 11 atom stereocenters. The van der Waals surface area contributed by atoms with E-state index in [0.717, 1.165) is 38.5 Å². The van der Waals surface area contributed by atoms with Gasteiger partial charge >= 0.3 is 11.9 Å². The number of ether oxygens (including phenoxy) is 6. The van der Waals surface area contributed by atoms with E-state index in [2.05, 4.69) is 6.92 Å². The molecule has 0 aromatic heterocycles. The molecule has 2 aliphatic rings. The van der Waals surface area contributed by atoms with Gasteiger partial charge in [-0.15, -0.1) is 0 Å². The van der Waals surface area contributed by atoms with Crippen molar-refractivity contribution < 1.29 is 73.8 Å². The fraction of sp³-hybridized carbons (Fsp3) is 0.931. The zero-order valence-corrected chi connectivity index (χ0v) is 25.6. The maximum absolute atomic E-state index is 12.5. The summed E-state index contributed by atoms with van der Waals surface area (Å²) in [7, 11) is 0. The highest BCUT2D eigenvalue weighted by Gasteiger charge is 2.47. The molecule has 7 N–H and O–H groups in total. The molecule has 2 aliphatic heterocycles. The fourth-order valence-electron chi connectivity index (χ4n) is 4.78. The molecular weight excluding hydrogens is 588 g/mol. The van der Waals surface area contributed by atoms with Gasteiger partial charge in [0.1, 0.15) is 55.4 Å². The first kappa shape index (κ1) is 38.7. The largest absolute Gasteiger partial charge is 0.462 e. The lowest BCUT2D eigenvalue weighted by atomic mass is 9.98. The number of hydrogen-bond acceptors (Lipinski definition) is 15. The normalized spacial score (nSPS) is 33.1. The van der Waals surface area contributed by atoms with Gasteiger partial charge in [-0.1, -0.05) is 52.4 Å². The smallest absolute Gasteiger partial charge is 0.306 e. The number of carbonyl (C=O) groups excluding carboxylic acids is 2. The predicted octanol–water partition coefficient (Wildman–Crippen LogP) is -0.977. The van der Waals surface area contributed by atoms with Crippen molar-refractivity contribution in [2.75, 3.05) is 26.4 Å². The number of carbonyl (C=O) groups is 2. The zero-order valence-electron chi connectivity index (χ0n) is 25.6. The number of rotatable bonds is 20. The van der Waals surface area contributed by atoms with Gasteiger partial charge in [-0.25, -0.2) is 0 Å². The molecule has 15 heteroatoms. The minimum atomic E-state index is -1.75. The number of esters is 2. The molecule has 0 spiro atoms. The van der Waals surface area contributed by atoms with Gasteiger partial charge in [0.25, 0.3) is 0 Å². The Hall–Kier alpha value is -1.50. The summed E-state index contributed by atoms with van der Waals surface area (Å²) in [5, 5.41) is 70.8. The van der Waals surface area contributed by atoms with Crippen LogP contribution in [0.2, 0.25) is 0 Å². The Labute approximate surface area is 258 Å². The third-order valence-corrected chi connectivity index (χ3v) is 7.59. The number of aliphatic hydroxyl groups is 7. The highest BCUT2D eigenvalue weighted by Crippen LogP contribution is 2.26. The molecule has 0 aromatic rings. The molecule has 0 aromatic carbocycles. The molecule has 0 aliphatic carbocycles. The molecule has 258 valence electrons. The molecule has 44 heavy (non-hydrogen) atoms. The van der Waals surface area contributed by atoms with Gasteiger partial charge in [0.15, 0.2) is 18.7 Å². The molecule has 2 fully saturated rings. The van der Waals surface area contributed by atoms with Crippen LogP contribution in [0.3, 0.4) is 0 Å². The van der Waals surface area contributed by atoms with Crippen LogP contribution in [0.15, 0.2) is 0 Å². The van der Waals surface area contributed by atoms with E-state index in [1.807, 2.05) is 6.92 Å². The second-order valence-corrected chi connectivity index (χ2v) is 11.3. The molecular formula is C29H52O15. The van der Waals surface area contributed by atoms with Gasteiger partial charge in [-0.05, 0) is 12.8 Å². The van der Waals surface area contributed by atoms with Crippen LogP contribution in [0.1, 0.15) is 78.1 Å². The van der Waals surface area contributed by atoms with Crippen LogP contribution in [0.5, 0.6) is 0 Å². The number of hydrogen-bond donors (Lipinski definition) is 7. The Morgan fingerprint density at radius 3 is 1.82 bits per heavy atom. The lowest BCUT2D eigenvalue weighted by Crippen LogP contribution is -2.61. The molecule has 0 bridgehead atoms. The first-order valence-electron chi connectivity index (χ1n) is 15.6. The van der Waals surface area contributed by atoms with Crippen molar-refractivity contribution >= 4 is 11.9 Å². The summed E-state index contributed by atoms with van der Waals surface area (Å²) in [4.78, 5) is 24.6. The lowest BCUT2D eigenvalue weighted by molar-refractivity contribution is -0.332. The van der Waals surface area contributed by atoms with E-state index >= 15 is 0 Å². The van der Waals surface area contributed by atoms with E-state index in [4.69, 9.17) is 28.4 Å².